The highest BCUT2D eigenvalue weighted by atomic mass is 19.1. The summed E-state index contributed by atoms with van der Waals surface area (Å²) in [5, 5.41) is 0. The van der Waals surface area contributed by atoms with Crippen molar-refractivity contribution in [3.8, 4) is 0 Å². The normalized spacial score (nSPS) is 12.6. The van der Waals surface area contributed by atoms with E-state index >= 15 is 0 Å². The van der Waals surface area contributed by atoms with Gasteiger partial charge in [-0.1, -0.05) is 6.07 Å². The number of carbonyl (C=O) groups excluding carboxylic acids is 1. The van der Waals surface area contributed by atoms with Crippen LogP contribution in [-0.4, -0.2) is 11.8 Å². The van der Waals surface area contributed by atoms with Crippen molar-refractivity contribution in [3.05, 3.63) is 35.1 Å². The quantitative estimate of drug-likeness (QED) is 0.796. The molecule has 0 aliphatic heterocycles. The average Bonchev–Trinajstić information content (AvgIpc) is 2.09. The van der Waals surface area contributed by atoms with E-state index in [4.69, 9.17) is 5.73 Å². The van der Waals surface area contributed by atoms with Crippen molar-refractivity contribution in [2.75, 3.05) is 0 Å². The van der Waals surface area contributed by atoms with Crippen LogP contribution in [0, 0.1) is 12.7 Å². The molecule has 0 fully saturated rings. The van der Waals surface area contributed by atoms with E-state index in [1.165, 1.54) is 12.1 Å². The predicted molar refractivity (Wildman–Crippen MR) is 53.5 cm³/mol. The Balaban J connectivity index is 2.82. The fourth-order valence-electron chi connectivity index (χ4n) is 1.21. The number of hydrogen-bond donors (Lipinski definition) is 1. The Morgan fingerprint density at radius 3 is 2.71 bits per heavy atom. The Hall–Kier alpha value is -1.22. The van der Waals surface area contributed by atoms with Crippen molar-refractivity contribution in [1.82, 2.24) is 0 Å². The second kappa shape index (κ2) is 4.33. The fraction of sp³-hybridized carbons (Fsp3) is 0.364. The number of halogens is 1. The SMILES string of the molecule is Cc1cc(F)ccc1CC(=O)C(C)N. The number of hydrogen-bond acceptors (Lipinski definition) is 2. The zero-order valence-corrected chi connectivity index (χ0v) is 8.38. The molecule has 0 saturated carbocycles. The summed E-state index contributed by atoms with van der Waals surface area (Å²) in [6.45, 7) is 3.44. The first kappa shape index (κ1) is 10.9. The minimum Gasteiger partial charge on any atom is -0.322 e. The van der Waals surface area contributed by atoms with Gasteiger partial charge >= 0.3 is 0 Å². The topological polar surface area (TPSA) is 43.1 Å². The summed E-state index contributed by atoms with van der Waals surface area (Å²) in [4.78, 5) is 11.3. The van der Waals surface area contributed by atoms with Gasteiger partial charge in [-0.25, -0.2) is 4.39 Å². The monoisotopic (exact) mass is 195 g/mol. The molecule has 2 nitrogen and oxygen atoms in total. The molecule has 3 heteroatoms. The van der Waals surface area contributed by atoms with Gasteiger partial charge in [0.1, 0.15) is 5.82 Å². The van der Waals surface area contributed by atoms with E-state index in [9.17, 15) is 9.18 Å². The van der Waals surface area contributed by atoms with E-state index in [2.05, 4.69) is 0 Å². The third-order valence-corrected chi connectivity index (χ3v) is 2.18. The summed E-state index contributed by atoms with van der Waals surface area (Å²) < 4.78 is 12.7. The lowest BCUT2D eigenvalue weighted by molar-refractivity contribution is -0.119. The van der Waals surface area contributed by atoms with Gasteiger partial charge in [0.15, 0.2) is 5.78 Å². The Bertz CT molecular complexity index is 347. The molecular weight excluding hydrogens is 181 g/mol. The zero-order valence-electron chi connectivity index (χ0n) is 8.38. The summed E-state index contributed by atoms with van der Waals surface area (Å²) in [5.41, 5.74) is 7.07. The molecule has 0 aliphatic rings. The number of ketones is 1. The number of rotatable bonds is 3. The minimum absolute atomic E-state index is 0.0280. The molecule has 76 valence electrons. The standard InChI is InChI=1S/C11H14FNO/c1-7-5-10(12)4-3-9(7)6-11(14)8(2)13/h3-5,8H,6,13H2,1-2H3. The lowest BCUT2D eigenvalue weighted by Crippen LogP contribution is -2.28. The molecule has 0 saturated heterocycles. The number of carbonyl (C=O) groups is 1. The van der Waals surface area contributed by atoms with Gasteiger partial charge in [0.25, 0.3) is 0 Å². The summed E-state index contributed by atoms with van der Waals surface area (Å²) in [7, 11) is 0. The first-order valence-electron chi connectivity index (χ1n) is 4.54. The highest BCUT2D eigenvalue weighted by Gasteiger charge is 2.10. The van der Waals surface area contributed by atoms with Gasteiger partial charge in [-0.3, -0.25) is 4.79 Å². The van der Waals surface area contributed by atoms with Gasteiger partial charge in [0.2, 0.25) is 0 Å². The van der Waals surface area contributed by atoms with Crippen LogP contribution in [0.25, 0.3) is 0 Å². The largest absolute Gasteiger partial charge is 0.322 e. The maximum absolute atomic E-state index is 12.7. The van der Waals surface area contributed by atoms with Crippen LogP contribution in [-0.2, 0) is 11.2 Å². The van der Waals surface area contributed by atoms with E-state index in [0.29, 0.717) is 0 Å². The Labute approximate surface area is 82.9 Å². The van der Waals surface area contributed by atoms with Crippen molar-refractivity contribution in [2.45, 2.75) is 26.3 Å². The molecule has 0 radical (unpaired) electrons. The van der Waals surface area contributed by atoms with Crippen LogP contribution in [0.2, 0.25) is 0 Å². The van der Waals surface area contributed by atoms with Crippen LogP contribution >= 0.6 is 0 Å². The molecule has 14 heavy (non-hydrogen) atoms. The van der Waals surface area contributed by atoms with Crippen LogP contribution in [0.5, 0.6) is 0 Å². The molecule has 0 bridgehead atoms. The van der Waals surface area contributed by atoms with Gasteiger partial charge in [0, 0.05) is 6.42 Å². The Morgan fingerprint density at radius 1 is 1.57 bits per heavy atom. The van der Waals surface area contributed by atoms with Crippen molar-refractivity contribution >= 4 is 5.78 Å². The summed E-state index contributed by atoms with van der Waals surface area (Å²) in [6, 6.07) is 3.95. The van der Waals surface area contributed by atoms with E-state index in [1.54, 1.807) is 19.9 Å². The van der Waals surface area contributed by atoms with Gasteiger partial charge in [-0.2, -0.15) is 0 Å². The lowest BCUT2D eigenvalue weighted by atomic mass is 10.0. The smallest absolute Gasteiger partial charge is 0.153 e. The van der Waals surface area contributed by atoms with Crippen LogP contribution in [0.3, 0.4) is 0 Å². The predicted octanol–water partition coefficient (Wildman–Crippen LogP) is 1.59. The van der Waals surface area contributed by atoms with Crippen LogP contribution in [0.15, 0.2) is 18.2 Å². The lowest BCUT2D eigenvalue weighted by Gasteiger charge is -2.07. The number of benzene rings is 1. The van der Waals surface area contributed by atoms with Crippen LogP contribution < -0.4 is 5.73 Å². The maximum atomic E-state index is 12.7. The Kier molecular flexibility index (Phi) is 3.36. The van der Waals surface area contributed by atoms with Crippen molar-refractivity contribution in [3.63, 3.8) is 0 Å². The molecule has 0 aromatic heterocycles. The number of nitrogens with two attached hydrogens (primary N) is 1. The molecule has 0 amide bonds. The first-order valence-corrected chi connectivity index (χ1v) is 4.54. The van der Waals surface area contributed by atoms with Gasteiger partial charge in [0.05, 0.1) is 6.04 Å². The average molecular weight is 195 g/mol. The fourth-order valence-corrected chi connectivity index (χ4v) is 1.21. The second-order valence-corrected chi connectivity index (χ2v) is 3.50. The molecule has 1 aromatic carbocycles. The summed E-state index contributed by atoms with van der Waals surface area (Å²) >= 11 is 0. The van der Waals surface area contributed by atoms with Crippen molar-refractivity contribution in [2.24, 2.45) is 5.73 Å². The molecule has 0 heterocycles. The van der Waals surface area contributed by atoms with Crippen molar-refractivity contribution < 1.29 is 9.18 Å². The Morgan fingerprint density at radius 2 is 2.21 bits per heavy atom. The number of Topliss-reactive ketones (excluding diaryl/α,β-unsaturated/α-hetero) is 1. The zero-order chi connectivity index (χ0) is 10.7. The molecule has 1 rings (SSSR count). The highest BCUT2D eigenvalue weighted by molar-refractivity contribution is 5.85. The molecule has 0 aliphatic carbocycles. The second-order valence-electron chi connectivity index (χ2n) is 3.50. The van der Waals surface area contributed by atoms with E-state index in [-0.39, 0.29) is 18.0 Å². The van der Waals surface area contributed by atoms with E-state index in [1.807, 2.05) is 0 Å². The van der Waals surface area contributed by atoms with Crippen LogP contribution in [0.4, 0.5) is 4.39 Å². The highest BCUT2D eigenvalue weighted by Crippen LogP contribution is 2.11. The third-order valence-electron chi connectivity index (χ3n) is 2.18. The third kappa shape index (κ3) is 2.64. The summed E-state index contributed by atoms with van der Waals surface area (Å²) in [5.74, 6) is -0.306. The van der Waals surface area contributed by atoms with Crippen LogP contribution in [0.1, 0.15) is 18.1 Å². The molecule has 1 atom stereocenters. The maximum Gasteiger partial charge on any atom is 0.153 e. The molecule has 0 spiro atoms. The number of aryl methyl sites for hydroxylation is 1. The molecule has 2 N–H and O–H groups in total. The minimum atomic E-state index is -0.459. The molecule has 1 unspecified atom stereocenters. The first-order chi connectivity index (χ1) is 6.50. The van der Waals surface area contributed by atoms with Gasteiger partial charge in [-0.15, -0.1) is 0 Å². The summed E-state index contributed by atoms with van der Waals surface area (Å²) in [6.07, 6.45) is 0.282. The van der Waals surface area contributed by atoms with E-state index < -0.39 is 6.04 Å². The van der Waals surface area contributed by atoms with Gasteiger partial charge in [-0.05, 0) is 37.1 Å². The van der Waals surface area contributed by atoms with Crippen molar-refractivity contribution in [1.29, 1.82) is 0 Å². The molecular formula is C11H14FNO. The van der Waals surface area contributed by atoms with E-state index in [0.717, 1.165) is 11.1 Å². The molecule has 1 aromatic rings. The van der Waals surface area contributed by atoms with Gasteiger partial charge < -0.3 is 5.73 Å².